The molecule has 2 amide bonds. The molecule has 1 aromatic heterocycles. The van der Waals surface area contributed by atoms with Gasteiger partial charge in [-0.15, -0.1) is 0 Å². The highest BCUT2D eigenvalue weighted by Crippen LogP contribution is 2.33. The van der Waals surface area contributed by atoms with Crippen molar-refractivity contribution in [2.75, 3.05) is 37.6 Å². The maximum absolute atomic E-state index is 12.7. The Balaban J connectivity index is 1.33. The van der Waals surface area contributed by atoms with E-state index in [2.05, 4.69) is 14.9 Å². The summed E-state index contributed by atoms with van der Waals surface area (Å²) in [6.45, 7) is 3.51. The van der Waals surface area contributed by atoms with Crippen LogP contribution in [0.4, 0.5) is 5.82 Å². The van der Waals surface area contributed by atoms with E-state index in [4.69, 9.17) is 0 Å². The Kier molecular flexibility index (Phi) is 3.63. The number of nitrogens with zero attached hydrogens (tertiary/aromatic N) is 5. The third-order valence-electron chi connectivity index (χ3n) is 4.96. The van der Waals surface area contributed by atoms with Crippen LogP contribution < -0.4 is 4.90 Å². The molecule has 3 fully saturated rings. The van der Waals surface area contributed by atoms with E-state index < -0.39 is 0 Å². The fourth-order valence-electron chi connectivity index (χ4n) is 3.50. The Morgan fingerprint density at radius 2 is 1.91 bits per heavy atom. The number of amides is 2. The fourth-order valence-corrected chi connectivity index (χ4v) is 3.50. The van der Waals surface area contributed by atoms with E-state index in [-0.39, 0.29) is 17.7 Å². The van der Waals surface area contributed by atoms with Crippen LogP contribution in [0.2, 0.25) is 0 Å². The van der Waals surface area contributed by atoms with Crippen molar-refractivity contribution in [2.45, 2.75) is 25.3 Å². The number of carbonyl (C=O) groups is 2. The largest absolute Gasteiger partial charge is 0.352 e. The van der Waals surface area contributed by atoms with Gasteiger partial charge in [0.15, 0.2) is 0 Å². The molecule has 1 atom stereocenters. The Bertz CT molecular complexity index is 596. The van der Waals surface area contributed by atoms with Gasteiger partial charge in [0.05, 0.1) is 12.1 Å². The van der Waals surface area contributed by atoms with Crippen LogP contribution in [0.15, 0.2) is 18.6 Å². The summed E-state index contributed by atoms with van der Waals surface area (Å²) >= 11 is 0. The predicted molar refractivity (Wildman–Crippen MR) is 83.7 cm³/mol. The SMILES string of the molecule is O=C(C1CC(=O)N(C2CC2)C1)N1CCN(c2cnccn2)CC1. The van der Waals surface area contributed by atoms with Gasteiger partial charge in [0.1, 0.15) is 5.82 Å². The minimum atomic E-state index is -0.147. The smallest absolute Gasteiger partial charge is 0.228 e. The molecule has 0 N–H and O–H groups in total. The van der Waals surface area contributed by atoms with E-state index in [1.165, 1.54) is 0 Å². The molecule has 4 rings (SSSR count). The third kappa shape index (κ3) is 2.87. The van der Waals surface area contributed by atoms with Gasteiger partial charge in [-0.1, -0.05) is 0 Å². The Morgan fingerprint density at radius 1 is 1.13 bits per heavy atom. The first-order valence-electron chi connectivity index (χ1n) is 8.31. The van der Waals surface area contributed by atoms with Crippen LogP contribution in [0.3, 0.4) is 0 Å². The zero-order valence-electron chi connectivity index (χ0n) is 13.1. The number of anilines is 1. The fraction of sp³-hybridized carbons (Fsp3) is 0.625. The molecule has 122 valence electrons. The van der Waals surface area contributed by atoms with Crippen LogP contribution in [0, 0.1) is 5.92 Å². The zero-order chi connectivity index (χ0) is 15.8. The second-order valence-corrected chi connectivity index (χ2v) is 6.55. The van der Waals surface area contributed by atoms with Crippen molar-refractivity contribution in [3.05, 3.63) is 18.6 Å². The van der Waals surface area contributed by atoms with Gasteiger partial charge in [0, 0.05) is 57.6 Å². The highest BCUT2D eigenvalue weighted by molar-refractivity contribution is 5.89. The minimum Gasteiger partial charge on any atom is -0.352 e. The average molecular weight is 315 g/mol. The summed E-state index contributed by atoms with van der Waals surface area (Å²) in [5.74, 6) is 1.01. The standard InChI is InChI=1S/C16H21N5O2/c22-15-9-12(11-21(15)13-1-2-13)16(23)20-7-5-19(6-8-20)14-10-17-3-4-18-14/h3-4,10,12-13H,1-2,5-9,11H2. The molecule has 1 unspecified atom stereocenters. The molecule has 2 aliphatic heterocycles. The van der Waals surface area contributed by atoms with E-state index >= 15 is 0 Å². The minimum absolute atomic E-state index is 0.139. The van der Waals surface area contributed by atoms with Crippen LogP contribution in [0.5, 0.6) is 0 Å². The summed E-state index contributed by atoms with van der Waals surface area (Å²) in [5, 5.41) is 0. The Morgan fingerprint density at radius 3 is 2.57 bits per heavy atom. The molecule has 7 heteroatoms. The summed E-state index contributed by atoms with van der Waals surface area (Å²) in [6, 6.07) is 0.411. The number of likely N-dealkylation sites (tertiary alicyclic amines) is 1. The van der Waals surface area contributed by atoms with Crippen molar-refractivity contribution in [3.63, 3.8) is 0 Å². The molecule has 7 nitrogen and oxygen atoms in total. The van der Waals surface area contributed by atoms with E-state index in [1.807, 2.05) is 9.80 Å². The van der Waals surface area contributed by atoms with E-state index in [9.17, 15) is 9.59 Å². The molecule has 3 heterocycles. The van der Waals surface area contributed by atoms with Crippen molar-refractivity contribution in [1.82, 2.24) is 19.8 Å². The van der Waals surface area contributed by atoms with E-state index in [1.54, 1.807) is 18.6 Å². The summed E-state index contributed by atoms with van der Waals surface area (Å²) < 4.78 is 0. The Labute approximate surface area is 135 Å². The molecule has 2 saturated heterocycles. The maximum atomic E-state index is 12.7. The molecule has 23 heavy (non-hydrogen) atoms. The molecule has 0 radical (unpaired) electrons. The van der Waals surface area contributed by atoms with Crippen LogP contribution >= 0.6 is 0 Å². The summed E-state index contributed by atoms with van der Waals surface area (Å²) in [4.78, 5) is 39.1. The van der Waals surface area contributed by atoms with Crippen molar-refractivity contribution in [2.24, 2.45) is 5.92 Å². The molecule has 0 bridgehead atoms. The second kappa shape index (κ2) is 5.79. The van der Waals surface area contributed by atoms with Gasteiger partial charge in [-0.05, 0) is 12.8 Å². The molecule has 1 aromatic rings. The van der Waals surface area contributed by atoms with Crippen molar-refractivity contribution < 1.29 is 9.59 Å². The number of hydrogen-bond donors (Lipinski definition) is 0. The van der Waals surface area contributed by atoms with Crippen LogP contribution in [-0.2, 0) is 9.59 Å². The second-order valence-electron chi connectivity index (χ2n) is 6.55. The third-order valence-corrected chi connectivity index (χ3v) is 4.96. The quantitative estimate of drug-likeness (QED) is 0.793. The highest BCUT2D eigenvalue weighted by atomic mass is 16.2. The molecule has 1 saturated carbocycles. The topological polar surface area (TPSA) is 69.6 Å². The molecule has 0 spiro atoms. The van der Waals surface area contributed by atoms with Crippen LogP contribution in [0.1, 0.15) is 19.3 Å². The lowest BCUT2D eigenvalue weighted by molar-refractivity contribution is -0.136. The lowest BCUT2D eigenvalue weighted by Crippen LogP contribution is -2.51. The predicted octanol–water partition coefficient (Wildman–Crippen LogP) is 0.136. The van der Waals surface area contributed by atoms with Crippen molar-refractivity contribution in [3.8, 4) is 0 Å². The lowest BCUT2D eigenvalue weighted by Gasteiger charge is -2.36. The number of hydrogen-bond acceptors (Lipinski definition) is 5. The molecule has 0 aromatic carbocycles. The normalized spacial score (nSPS) is 25.1. The van der Waals surface area contributed by atoms with Gasteiger partial charge >= 0.3 is 0 Å². The summed E-state index contributed by atoms with van der Waals surface area (Å²) in [5.41, 5.74) is 0. The summed E-state index contributed by atoms with van der Waals surface area (Å²) in [7, 11) is 0. The highest BCUT2D eigenvalue weighted by Gasteiger charge is 2.43. The molecular formula is C16H21N5O2. The zero-order valence-corrected chi connectivity index (χ0v) is 13.1. The van der Waals surface area contributed by atoms with Gasteiger partial charge < -0.3 is 14.7 Å². The first-order valence-corrected chi connectivity index (χ1v) is 8.31. The lowest BCUT2D eigenvalue weighted by atomic mass is 10.1. The van der Waals surface area contributed by atoms with Gasteiger partial charge in [0.2, 0.25) is 11.8 Å². The first kappa shape index (κ1) is 14.4. The number of rotatable bonds is 3. The van der Waals surface area contributed by atoms with Crippen molar-refractivity contribution in [1.29, 1.82) is 0 Å². The molecular weight excluding hydrogens is 294 g/mol. The Hall–Kier alpha value is -2.18. The number of aromatic nitrogens is 2. The number of piperazine rings is 1. The van der Waals surface area contributed by atoms with Crippen LogP contribution in [-0.4, -0.2) is 70.3 Å². The van der Waals surface area contributed by atoms with Crippen LogP contribution in [0.25, 0.3) is 0 Å². The molecule has 3 aliphatic rings. The summed E-state index contributed by atoms with van der Waals surface area (Å²) in [6.07, 6.45) is 7.68. The first-order chi connectivity index (χ1) is 11.2. The van der Waals surface area contributed by atoms with Gasteiger partial charge in [-0.3, -0.25) is 14.6 Å². The number of carbonyl (C=O) groups excluding carboxylic acids is 2. The van der Waals surface area contributed by atoms with E-state index in [0.717, 1.165) is 31.7 Å². The monoisotopic (exact) mass is 315 g/mol. The van der Waals surface area contributed by atoms with Gasteiger partial charge in [-0.2, -0.15) is 0 Å². The van der Waals surface area contributed by atoms with Crippen molar-refractivity contribution >= 4 is 17.6 Å². The van der Waals surface area contributed by atoms with Gasteiger partial charge in [-0.25, -0.2) is 4.98 Å². The molecule has 1 aliphatic carbocycles. The van der Waals surface area contributed by atoms with E-state index in [0.29, 0.717) is 32.1 Å². The average Bonchev–Trinajstić information content (AvgIpc) is 3.37. The van der Waals surface area contributed by atoms with Gasteiger partial charge in [0.25, 0.3) is 0 Å². The maximum Gasteiger partial charge on any atom is 0.228 e.